The summed E-state index contributed by atoms with van der Waals surface area (Å²) in [5.41, 5.74) is 0.824. The summed E-state index contributed by atoms with van der Waals surface area (Å²) >= 11 is 12.3. The van der Waals surface area contributed by atoms with E-state index in [1.807, 2.05) is 19.0 Å². The summed E-state index contributed by atoms with van der Waals surface area (Å²) < 4.78 is 0. The van der Waals surface area contributed by atoms with Gasteiger partial charge in [0.2, 0.25) is 0 Å². The second-order valence-electron chi connectivity index (χ2n) is 5.47. The van der Waals surface area contributed by atoms with Gasteiger partial charge in [-0.05, 0) is 33.2 Å². The molecular formula is C16H19Cl2N5O. The first-order valence-electron chi connectivity index (χ1n) is 7.36. The average molecular weight is 368 g/mol. The van der Waals surface area contributed by atoms with E-state index in [0.717, 1.165) is 6.54 Å². The molecule has 6 nitrogen and oxygen atoms in total. The summed E-state index contributed by atoms with van der Waals surface area (Å²) in [7, 11) is 3.88. The maximum Gasteiger partial charge on any atom is 0.270 e. The highest BCUT2D eigenvalue weighted by Crippen LogP contribution is 2.32. The average Bonchev–Trinajstić information content (AvgIpc) is 2.50. The smallest absolute Gasteiger partial charge is 0.270 e. The maximum absolute atomic E-state index is 12.2. The van der Waals surface area contributed by atoms with Crippen LogP contribution in [0.25, 0.3) is 0 Å². The van der Waals surface area contributed by atoms with Crippen molar-refractivity contribution in [2.24, 2.45) is 0 Å². The molecular weight excluding hydrogens is 349 g/mol. The molecule has 1 heterocycles. The van der Waals surface area contributed by atoms with Gasteiger partial charge < -0.3 is 15.5 Å². The Labute approximate surface area is 151 Å². The highest BCUT2D eigenvalue weighted by Gasteiger charge is 2.12. The van der Waals surface area contributed by atoms with Crippen molar-refractivity contribution in [1.82, 2.24) is 20.2 Å². The van der Waals surface area contributed by atoms with E-state index in [-0.39, 0.29) is 11.6 Å². The summed E-state index contributed by atoms with van der Waals surface area (Å²) in [6.07, 6.45) is 0. The first-order chi connectivity index (χ1) is 11.4. The number of aromatic nitrogens is 2. The van der Waals surface area contributed by atoms with Gasteiger partial charge in [0.05, 0.1) is 15.7 Å². The first-order valence-corrected chi connectivity index (χ1v) is 8.12. The number of aryl methyl sites for hydroxylation is 1. The van der Waals surface area contributed by atoms with E-state index in [9.17, 15) is 4.79 Å². The number of carbonyl (C=O) groups is 1. The predicted molar refractivity (Wildman–Crippen MR) is 97.4 cm³/mol. The Morgan fingerprint density at radius 2 is 1.88 bits per heavy atom. The molecule has 2 aromatic rings. The Kier molecular flexibility index (Phi) is 6.36. The quantitative estimate of drug-likeness (QED) is 0.820. The molecule has 0 bridgehead atoms. The van der Waals surface area contributed by atoms with Crippen LogP contribution in [0.4, 0.5) is 11.5 Å². The van der Waals surface area contributed by atoms with Crippen LogP contribution in [0.1, 0.15) is 16.3 Å². The number of nitrogens with zero attached hydrogens (tertiary/aromatic N) is 3. The third kappa shape index (κ3) is 5.06. The molecule has 24 heavy (non-hydrogen) atoms. The molecule has 0 aliphatic carbocycles. The summed E-state index contributed by atoms with van der Waals surface area (Å²) in [6, 6.07) is 6.76. The fourth-order valence-electron chi connectivity index (χ4n) is 1.98. The zero-order chi connectivity index (χ0) is 17.7. The van der Waals surface area contributed by atoms with Crippen molar-refractivity contribution in [3.63, 3.8) is 0 Å². The van der Waals surface area contributed by atoms with Crippen LogP contribution in [0.15, 0.2) is 24.3 Å². The van der Waals surface area contributed by atoms with Gasteiger partial charge in [0.25, 0.3) is 5.91 Å². The van der Waals surface area contributed by atoms with Crippen molar-refractivity contribution in [3.8, 4) is 0 Å². The van der Waals surface area contributed by atoms with E-state index in [2.05, 4.69) is 20.6 Å². The number of rotatable bonds is 6. The van der Waals surface area contributed by atoms with E-state index >= 15 is 0 Å². The van der Waals surface area contributed by atoms with Crippen molar-refractivity contribution in [3.05, 3.63) is 45.8 Å². The van der Waals surface area contributed by atoms with Gasteiger partial charge >= 0.3 is 0 Å². The summed E-state index contributed by atoms with van der Waals surface area (Å²) in [5, 5.41) is 6.80. The van der Waals surface area contributed by atoms with E-state index in [4.69, 9.17) is 23.2 Å². The molecule has 8 heteroatoms. The molecule has 1 aromatic heterocycles. The van der Waals surface area contributed by atoms with Crippen molar-refractivity contribution in [1.29, 1.82) is 0 Å². The van der Waals surface area contributed by atoms with Gasteiger partial charge in [-0.1, -0.05) is 29.3 Å². The van der Waals surface area contributed by atoms with Crippen LogP contribution in [0, 0.1) is 6.92 Å². The van der Waals surface area contributed by atoms with Crippen LogP contribution >= 0.6 is 23.2 Å². The zero-order valence-electron chi connectivity index (χ0n) is 13.7. The number of carbonyl (C=O) groups excluding carboxylic acids is 1. The zero-order valence-corrected chi connectivity index (χ0v) is 15.2. The Bertz CT molecular complexity index is 716. The monoisotopic (exact) mass is 367 g/mol. The van der Waals surface area contributed by atoms with Gasteiger partial charge in [0, 0.05) is 19.2 Å². The number of nitrogens with one attached hydrogen (secondary N) is 2. The molecule has 0 unspecified atom stereocenters. The minimum atomic E-state index is -0.254. The summed E-state index contributed by atoms with van der Waals surface area (Å²) in [5.74, 6) is 0.673. The molecule has 2 rings (SSSR count). The summed E-state index contributed by atoms with van der Waals surface area (Å²) in [4.78, 5) is 22.7. The van der Waals surface area contributed by atoms with E-state index in [1.165, 1.54) is 0 Å². The molecule has 0 atom stereocenters. The van der Waals surface area contributed by atoms with Crippen molar-refractivity contribution in [2.75, 3.05) is 32.5 Å². The SMILES string of the molecule is Cc1nc(Nc2c(Cl)cccc2Cl)cc(C(=O)NCCN(C)C)n1. The third-order valence-electron chi connectivity index (χ3n) is 3.13. The normalized spacial score (nSPS) is 10.8. The fourth-order valence-corrected chi connectivity index (χ4v) is 2.47. The highest BCUT2D eigenvalue weighted by atomic mass is 35.5. The third-order valence-corrected chi connectivity index (χ3v) is 3.76. The van der Waals surface area contributed by atoms with Crippen LogP contribution in [-0.2, 0) is 0 Å². The van der Waals surface area contributed by atoms with Crippen molar-refractivity contribution in [2.45, 2.75) is 6.92 Å². The largest absolute Gasteiger partial charge is 0.349 e. The Balaban J connectivity index is 2.18. The lowest BCUT2D eigenvalue weighted by Crippen LogP contribution is -2.32. The Morgan fingerprint density at radius 3 is 2.50 bits per heavy atom. The highest BCUT2D eigenvalue weighted by molar-refractivity contribution is 6.39. The molecule has 0 aliphatic heterocycles. The van der Waals surface area contributed by atoms with E-state index in [0.29, 0.717) is 33.9 Å². The molecule has 1 aromatic carbocycles. The molecule has 0 aliphatic rings. The number of likely N-dealkylation sites (N-methyl/N-ethyl adjacent to an activating group) is 1. The number of anilines is 2. The lowest BCUT2D eigenvalue weighted by atomic mass is 10.3. The molecule has 0 saturated carbocycles. The van der Waals surface area contributed by atoms with Crippen LogP contribution in [0.5, 0.6) is 0 Å². The fraction of sp³-hybridized carbons (Fsp3) is 0.312. The van der Waals surface area contributed by atoms with E-state index < -0.39 is 0 Å². The van der Waals surface area contributed by atoms with Gasteiger partial charge in [-0.15, -0.1) is 0 Å². The van der Waals surface area contributed by atoms with Crippen LogP contribution < -0.4 is 10.6 Å². The first kappa shape index (κ1) is 18.4. The number of benzene rings is 1. The molecule has 128 valence electrons. The van der Waals surface area contributed by atoms with Gasteiger partial charge in [0.15, 0.2) is 0 Å². The predicted octanol–water partition coefficient (Wildman–Crippen LogP) is 3.13. The number of amides is 1. The van der Waals surface area contributed by atoms with Crippen molar-refractivity contribution < 1.29 is 4.79 Å². The number of hydrogen-bond donors (Lipinski definition) is 2. The molecule has 0 saturated heterocycles. The standard InChI is InChI=1S/C16H19Cl2N5O/c1-10-20-13(16(24)19-7-8-23(2)3)9-14(21-10)22-15-11(17)5-4-6-12(15)18/h4-6,9H,7-8H2,1-3H3,(H,19,24)(H,20,21,22). The van der Waals surface area contributed by atoms with Gasteiger partial charge in [0.1, 0.15) is 17.3 Å². The number of hydrogen-bond acceptors (Lipinski definition) is 5. The van der Waals surface area contributed by atoms with Gasteiger partial charge in [-0.3, -0.25) is 4.79 Å². The molecule has 1 amide bonds. The topological polar surface area (TPSA) is 70.2 Å². The Morgan fingerprint density at radius 1 is 1.21 bits per heavy atom. The van der Waals surface area contributed by atoms with Gasteiger partial charge in [-0.25, -0.2) is 9.97 Å². The van der Waals surface area contributed by atoms with Crippen LogP contribution in [-0.4, -0.2) is 48.0 Å². The van der Waals surface area contributed by atoms with Crippen LogP contribution in [0.2, 0.25) is 10.0 Å². The lowest BCUT2D eigenvalue weighted by Gasteiger charge is -2.12. The second-order valence-corrected chi connectivity index (χ2v) is 6.28. The van der Waals surface area contributed by atoms with Crippen molar-refractivity contribution >= 4 is 40.6 Å². The molecule has 2 N–H and O–H groups in total. The molecule has 0 radical (unpaired) electrons. The number of para-hydroxylation sites is 1. The Hall–Kier alpha value is -1.89. The second kappa shape index (κ2) is 8.28. The summed E-state index contributed by atoms with van der Waals surface area (Å²) in [6.45, 7) is 3.00. The molecule has 0 fully saturated rings. The maximum atomic E-state index is 12.2. The lowest BCUT2D eigenvalue weighted by molar-refractivity contribution is 0.0945. The minimum absolute atomic E-state index is 0.254. The van der Waals surface area contributed by atoms with E-state index in [1.54, 1.807) is 31.2 Å². The minimum Gasteiger partial charge on any atom is -0.349 e. The van der Waals surface area contributed by atoms with Crippen LogP contribution in [0.3, 0.4) is 0 Å². The number of halogens is 2. The van der Waals surface area contributed by atoms with Gasteiger partial charge in [-0.2, -0.15) is 0 Å². The molecule has 0 spiro atoms.